The van der Waals surface area contributed by atoms with Crippen molar-refractivity contribution in [2.75, 3.05) is 7.11 Å². The van der Waals surface area contributed by atoms with Crippen molar-refractivity contribution in [2.24, 2.45) is 5.10 Å². The topological polar surface area (TPSA) is 50.7 Å². The van der Waals surface area contributed by atoms with Crippen LogP contribution in [0.25, 0.3) is 0 Å². The molecule has 114 valence electrons. The molecule has 0 saturated heterocycles. The lowest BCUT2D eigenvalue weighted by Gasteiger charge is -2.05. The maximum atomic E-state index is 11.9. The highest BCUT2D eigenvalue weighted by molar-refractivity contribution is 9.10. The summed E-state index contributed by atoms with van der Waals surface area (Å²) in [7, 11) is 1.61. The highest BCUT2D eigenvalue weighted by Gasteiger charge is 2.04. The number of amides is 1. The first-order chi connectivity index (χ1) is 10.6. The largest absolute Gasteiger partial charge is 0.497 e. The van der Waals surface area contributed by atoms with Crippen LogP contribution in [-0.2, 0) is 11.2 Å². The fraction of sp³-hybridized carbons (Fsp3) is 0.176. The van der Waals surface area contributed by atoms with Crippen LogP contribution < -0.4 is 10.2 Å². The molecule has 0 bridgehead atoms. The Morgan fingerprint density at radius 3 is 2.59 bits per heavy atom. The lowest BCUT2D eigenvalue weighted by atomic mass is 10.1. The van der Waals surface area contributed by atoms with Gasteiger partial charge in [-0.3, -0.25) is 4.79 Å². The molecule has 0 spiro atoms. The zero-order valence-electron chi connectivity index (χ0n) is 12.5. The van der Waals surface area contributed by atoms with Crippen molar-refractivity contribution in [2.45, 2.75) is 13.3 Å². The van der Waals surface area contributed by atoms with Crippen molar-refractivity contribution < 1.29 is 9.53 Å². The van der Waals surface area contributed by atoms with Gasteiger partial charge >= 0.3 is 0 Å². The maximum Gasteiger partial charge on any atom is 0.244 e. The van der Waals surface area contributed by atoms with Crippen molar-refractivity contribution in [3.63, 3.8) is 0 Å². The van der Waals surface area contributed by atoms with Gasteiger partial charge < -0.3 is 4.74 Å². The molecule has 0 aliphatic carbocycles. The molecule has 0 atom stereocenters. The summed E-state index contributed by atoms with van der Waals surface area (Å²) in [6, 6.07) is 15.2. The number of halogens is 1. The number of carbonyl (C=O) groups excluding carboxylic acids is 1. The lowest BCUT2D eigenvalue weighted by molar-refractivity contribution is -0.120. The van der Waals surface area contributed by atoms with Crippen LogP contribution in [0.1, 0.15) is 18.1 Å². The van der Waals surface area contributed by atoms with E-state index in [-0.39, 0.29) is 12.3 Å². The Kier molecular flexibility index (Phi) is 5.72. The van der Waals surface area contributed by atoms with Gasteiger partial charge in [0.15, 0.2) is 0 Å². The number of nitrogens with one attached hydrogen (secondary N) is 1. The van der Waals surface area contributed by atoms with E-state index in [9.17, 15) is 4.79 Å². The molecule has 0 aliphatic heterocycles. The van der Waals surface area contributed by atoms with Crippen LogP contribution in [0.4, 0.5) is 0 Å². The van der Waals surface area contributed by atoms with Gasteiger partial charge in [-0.25, -0.2) is 5.43 Å². The number of nitrogens with zero attached hydrogens (tertiary/aromatic N) is 1. The highest BCUT2D eigenvalue weighted by Crippen LogP contribution is 2.13. The van der Waals surface area contributed by atoms with Crippen molar-refractivity contribution in [3.8, 4) is 5.75 Å². The van der Waals surface area contributed by atoms with Gasteiger partial charge in [-0.1, -0.05) is 40.2 Å². The molecular formula is C17H17BrN2O2. The molecule has 0 heterocycles. The smallest absolute Gasteiger partial charge is 0.244 e. The summed E-state index contributed by atoms with van der Waals surface area (Å²) in [5.41, 5.74) is 5.20. The van der Waals surface area contributed by atoms with E-state index in [2.05, 4.69) is 26.5 Å². The number of ether oxygens (including phenoxy) is 1. The molecule has 0 aliphatic rings. The first-order valence-corrected chi connectivity index (χ1v) is 7.60. The second kappa shape index (κ2) is 7.75. The minimum Gasteiger partial charge on any atom is -0.497 e. The maximum absolute atomic E-state index is 11.9. The van der Waals surface area contributed by atoms with Gasteiger partial charge in [-0.2, -0.15) is 5.10 Å². The van der Waals surface area contributed by atoms with E-state index in [4.69, 9.17) is 4.74 Å². The summed E-state index contributed by atoms with van der Waals surface area (Å²) < 4.78 is 6.06. The molecule has 1 amide bonds. The van der Waals surface area contributed by atoms with Gasteiger partial charge in [0.1, 0.15) is 5.75 Å². The molecule has 2 rings (SSSR count). The second-order valence-corrected chi connectivity index (χ2v) is 5.68. The van der Waals surface area contributed by atoms with Gasteiger partial charge in [0, 0.05) is 4.47 Å². The standard InChI is InChI=1S/C17H17BrN2O2/c1-12(14-4-3-5-15(18)11-14)19-20-17(21)10-13-6-8-16(22-2)9-7-13/h3-9,11H,10H2,1-2H3,(H,20,21)/b19-12+. The Bertz CT molecular complexity index is 681. The van der Waals surface area contributed by atoms with Gasteiger partial charge in [0.2, 0.25) is 5.91 Å². The van der Waals surface area contributed by atoms with Crippen LogP contribution in [0, 0.1) is 0 Å². The van der Waals surface area contributed by atoms with Gasteiger partial charge in [-0.15, -0.1) is 0 Å². The number of carbonyl (C=O) groups is 1. The van der Waals surface area contributed by atoms with Crippen molar-refractivity contribution in [1.82, 2.24) is 5.43 Å². The first kappa shape index (κ1) is 16.2. The van der Waals surface area contributed by atoms with Crippen LogP contribution in [0.5, 0.6) is 5.75 Å². The molecule has 0 fully saturated rings. The van der Waals surface area contributed by atoms with Crippen molar-refractivity contribution in [3.05, 3.63) is 64.1 Å². The summed E-state index contributed by atoms with van der Waals surface area (Å²) >= 11 is 3.41. The van der Waals surface area contributed by atoms with E-state index >= 15 is 0 Å². The van der Waals surface area contributed by atoms with Gasteiger partial charge in [-0.05, 0) is 42.3 Å². The molecule has 22 heavy (non-hydrogen) atoms. The average Bonchev–Trinajstić information content (AvgIpc) is 2.53. The third-order valence-corrected chi connectivity index (χ3v) is 3.61. The van der Waals surface area contributed by atoms with Crippen LogP contribution in [0.15, 0.2) is 58.1 Å². The van der Waals surface area contributed by atoms with Crippen molar-refractivity contribution in [1.29, 1.82) is 0 Å². The molecule has 0 saturated carbocycles. The third-order valence-electron chi connectivity index (χ3n) is 3.11. The van der Waals surface area contributed by atoms with Crippen LogP contribution in [0.3, 0.4) is 0 Å². The quantitative estimate of drug-likeness (QED) is 0.654. The summed E-state index contributed by atoms with van der Waals surface area (Å²) in [5.74, 6) is 0.618. The Balaban J connectivity index is 1.95. The SMILES string of the molecule is COc1ccc(CC(=O)N/N=C(\C)c2cccc(Br)c2)cc1. The Morgan fingerprint density at radius 1 is 1.23 bits per heavy atom. The fourth-order valence-electron chi connectivity index (χ4n) is 1.89. The van der Waals surface area contributed by atoms with E-state index in [0.29, 0.717) is 0 Å². The van der Waals surface area contributed by atoms with Gasteiger partial charge in [0.25, 0.3) is 0 Å². The zero-order chi connectivity index (χ0) is 15.9. The lowest BCUT2D eigenvalue weighted by Crippen LogP contribution is -2.21. The summed E-state index contributed by atoms with van der Waals surface area (Å²) in [5, 5.41) is 4.14. The molecule has 0 aromatic heterocycles. The molecule has 1 N–H and O–H groups in total. The number of methoxy groups -OCH3 is 1. The van der Waals surface area contributed by atoms with Crippen LogP contribution >= 0.6 is 15.9 Å². The zero-order valence-corrected chi connectivity index (χ0v) is 14.1. The Morgan fingerprint density at radius 2 is 1.95 bits per heavy atom. The number of hydrogen-bond acceptors (Lipinski definition) is 3. The molecule has 4 nitrogen and oxygen atoms in total. The van der Waals surface area contributed by atoms with E-state index in [1.165, 1.54) is 0 Å². The predicted octanol–water partition coefficient (Wildman–Crippen LogP) is 3.54. The average molecular weight is 361 g/mol. The predicted molar refractivity (Wildman–Crippen MR) is 91.2 cm³/mol. The third kappa shape index (κ3) is 4.70. The number of hydrazone groups is 1. The first-order valence-electron chi connectivity index (χ1n) is 6.80. The molecule has 2 aromatic carbocycles. The minimum atomic E-state index is -0.153. The monoisotopic (exact) mass is 360 g/mol. The molecule has 0 radical (unpaired) electrons. The number of rotatable bonds is 5. The molecular weight excluding hydrogens is 344 g/mol. The molecule has 5 heteroatoms. The van der Waals surface area contributed by atoms with E-state index in [1.807, 2.05) is 55.5 Å². The summed E-state index contributed by atoms with van der Waals surface area (Å²) in [4.78, 5) is 11.9. The Labute approximate surface area is 138 Å². The summed E-state index contributed by atoms with van der Waals surface area (Å²) in [6.07, 6.45) is 0.277. The normalized spacial score (nSPS) is 11.1. The number of hydrogen-bond donors (Lipinski definition) is 1. The van der Waals surface area contributed by atoms with Crippen molar-refractivity contribution >= 4 is 27.5 Å². The minimum absolute atomic E-state index is 0.153. The second-order valence-electron chi connectivity index (χ2n) is 4.77. The van der Waals surface area contributed by atoms with Crippen LogP contribution in [-0.4, -0.2) is 18.7 Å². The fourth-order valence-corrected chi connectivity index (χ4v) is 2.29. The van der Waals surface area contributed by atoms with Gasteiger partial charge in [0.05, 0.1) is 19.2 Å². The Hall–Kier alpha value is -2.14. The van der Waals surface area contributed by atoms with Crippen LogP contribution in [0.2, 0.25) is 0 Å². The number of benzene rings is 2. The summed E-state index contributed by atoms with van der Waals surface area (Å²) in [6.45, 7) is 1.86. The highest BCUT2D eigenvalue weighted by atomic mass is 79.9. The van der Waals surface area contributed by atoms with E-state index < -0.39 is 0 Å². The van der Waals surface area contributed by atoms with E-state index in [1.54, 1.807) is 7.11 Å². The van der Waals surface area contributed by atoms with E-state index in [0.717, 1.165) is 27.1 Å². The molecule has 0 unspecified atom stereocenters. The molecule has 2 aromatic rings.